The van der Waals surface area contributed by atoms with Crippen LogP contribution in [0.15, 0.2) is 24.3 Å². The van der Waals surface area contributed by atoms with E-state index in [9.17, 15) is 13.2 Å². The fourth-order valence-corrected chi connectivity index (χ4v) is 1.05. The van der Waals surface area contributed by atoms with Gasteiger partial charge >= 0.3 is 6.18 Å². The number of halogens is 4. The van der Waals surface area contributed by atoms with Crippen LogP contribution in [0.2, 0.25) is 0 Å². The highest BCUT2D eigenvalue weighted by molar-refractivity contribution is 6.19. The zero-order valence-electron chi connectivity index (χ0n) is 8.14. The lowest BCUT2D eigenvalue weighted by atomic mass is 10.2. The van der Waals surface area contributed by atoms with Crippen LogP contribution in [0.4, 0.5) is 13.2 Å². The normalized spacial score (nSPS) is 10.5. The van der Waals surface area contributed by atoms with Crippen molar-refractivity contribution in [1.82, 2.24) is 0 Å². The molecule has 0 aliphatic carbocycles. The molecule has 0 fully saturated rings. The number of ether oxygens (including phenoxy) is 1. The van der Waals surface area contributed by atoms with Gasteiger partial charge in [-0.15, -0.1) is 11.6 Å². The van der Waals surface area contributed by atoms with Crippen molar-refractivity contribution < 1.29 is 17.9 Å². The lowest BCUT2D eigenvalue weighted by Gasteiger charge is -2.10. The van der Waals surface area contributed by atoms with Gasteiger partial charge in [0.25, 0.3) is 0 Å². The zero-order chi connectivity index (χ0) is 12.0. The van der Waals surface area contributed by atoms with Crippen LogP contribution >= 0.6 is 11.6 Å². The summed E-state index contributed by atoms with van der Waals surface area (Å²) in [5, 5.41) is 0. The van der Waals surface area contributed by atoms with E-state index in [1.807, 2.05) is 0 Å². The molecule has 0 saturated carbocycles. The molecule has 86 valence electrons. The molecule has 0 aliphatic heterocycles. The van der Waals surface area contributed by atoms with Crippen LogP contribution in [-0.4, -0.2) is 18.7 Å². The van der Waals surface area contributed by atoms with Crippen LogP contribution in [0.3, 0.4) is 0 Å². The van der Waals surface area contributed by atoms with Gasteiger partial charge in [0, 0.05) is 0 Å². The summed E-state index contributed by atoms with van der Waals surface area (Å²) in [5.41, 5.74) is 0.396. The maximum Gasteiger partial charge on any atom is 0.422 e. The number of rotatable bonds is 2. The van der Waals surface area contributed by atoms with Gasteiger partial charge in [-0.25, -0.2) is 0 Å². The highest BCUT2D eigenvalue weighted by atomic mass is 35.5. The Labute approximate surface area is 96.2 Å². The molecule has 0 saturated heterocycles. The average molecular weight is 249 g/mol. The number of para-hydroxylation sites is 1. The van der Waals surface area contributed by atoms with Crippen LogP contribution in [0.5, 0.6) is 5.75 Å². The van der Waals surface area contributed by atoms with Crippen molar-refractivity contribution in [2.75, 3.05) is 12.5 Å². The molecule has 0 aromatic heterocycles. The Kier molecular flexibility index (Phi) is 4.51. The molecule has 0 unspecified atom stereocenters. The SMILES string of the molecule is FC(F)(F)COc1ccccc1C#CCCl. The van der Waals surface area contributed by atoms with Crippen molar-refractivity contribution in [2.45, 2.75) is 6.18 Å². The molecule has 0 radical (unpaired) electrons. The molecule has 0 atom stereocenters. The Bertz CT molecular complexity index is 404. The monoisotopic (exact) mass is 248 g/mol. The molecule has 5 heteroatoms. The second-order valence-electron chi connectivity index (χ2n) is 2.84. The number of alkyl halides is 4. The number of benzene rings is 1. The molecule has 0 amide bonds. The van der Waals surface area contributed by atoms with Gasteiger partial charge in [-0.2, -0.15) is 13.2 Å². The highest BCUT2D eigenvalue weighted by Crippen LogP contribution is 2.21. The zero-order valence-corrected chi connectivity index (χ0v) is 8.90. The van der Waals surface area contributed by atoms with E-state index in [0.29, 0.717) is 5.56 Å². The summed E-state index contributed by atoms with van der Waals surface area (Å²) >= 11 is 5.36. The van der Waals surface area contributed by atoms with Crippen molar-refractivity contribution in [2.24, 2.45) is 0 Å². The predicted octanol–water partition coefficient (Wildman–Crippen LogP) is 3.22. The first-order chi connectivity index (χ1) is 7.53. The highest BCUT2D eigenvalue weighted by Gasteiger charge is 2.28. The molecule has 0 heterocycles. The van der Waals surface area contributed by atoms with Gasteiger partial charge in [0.1, 0.15) is 5.75 Å². The Morgan fingerprint density at radius 2 is 1.94 bits per heavy atom. The second-order valence-corrected chi connectivity index (χ2v) is 3.10. The second kappa shape index (κ2) is 5.66. The quantitative estimate of drug-likeness (QED) is 0.577. The van der Waals surface area contributed by atoms with E-state index >= 15 is 0 Å². The van der Waals surface area contributed by atoms with Gasteiger partial charge in [0.05, 0.1) is 11.4 Å². The minimum absolute atomic E-state index is 0.109. The molecular formula is C11H8ClF3O. The van der Waals surface area contributed by atoms with Gasteiger partial charge in [-0.3, -0.25) is 0 Å². The molecule has 1 rings (SSSR count). The lowest BCUT2D eigenvalue weighted by Crippen LogP contribution is -2.19. The van der Waals surface area contributed by atoms with Crippen LogP contribution in [0.25, 0.3) is 0 Å². The van der Waals surface area contributed by atoms with Gasteiger partial charge in [-0.05, 0) is 12.1 Å². The van der Waals surface area contributed by atoms with E-state index in [-0.39, 0.29) is 11.6 Å². The van der Waals surface area contributed by atoms with Gasteiger partial charge in [-0.1, -0.05) is 24.0 Å². The summed E-state index contributed by atoms with van der Waals surface area (Å²) < 4.78 is 40.5. The smallest absolute Gasteiger partial charge is 0.422 e. The third-order valence-corrected chi connectivity index (χ3v) is 1.70. The minimum Gasteiger partial charge on any atom is -0.483 e. The first kappa shape index (κ1) is 12.7. The molecule has 1 aromatic carbocycles. The maximum absolute atomic E-state index is 11.9. The van der Waals surface area contributed by atoms with E-state index in [1.165, 1.54) is 6.07 Å². The summed E-state index contributed by atoms with van der Waals surface area (Å²) in [6.45, 7) is -1.33. The molecular weight excluding hydrogens is 241 g/mol. The molecule has 0 N–H and O–H groups in total. The average Bonchev–Trinajstić information content (AvgIpc) is 2.23. The summed E-state index contributed by atoms with van der Waals surface area (Å²) in [7, 11) is 0. The van der Waals surface area contributed by atoms with E-state index < -0.39 is 12.8 Å². The molecule has 1 nitrogen and oxygen atoms in total. The number of hydrogen-bond acceptors (Lipinski definition) is 1. The fourth-order valence-electron chi connectivity index (χ4n) is 0.984. The standard InChI is InChI=1S/C11H8ClF3O/c12-7-3-5-9-4-1-2-6-10(9)16-8-11(13,14)15/h1-2,4,6H,7-8H2. The van der Waals surface area contributed by atoms with Crippen LogP contribution < -0.4 is 4.74 Å². The molecule has 16 heavy (non-hydrogen) atoms. The summed E-state index contributed by atoms with van der Waals surface area (Å²) in [6, 6.07) is 6.26. The van der Waals surface area contributed by atoms with E-state index in [2.05, 4.69) is 16.6 Å². The summed E-state index contributed by atoms with van der Waals surface area (Å²) in [4.78, 5) is 0. The topological polar surface area (TPSA) is 9.23 Å². The largest absolute Gasteiger partial charge is 0.483 e. The molecule has 0 aliphatic rings. The Morgan fingerprint density at radius 3 is 2.56 bits per heavy atom. The van der Waals surface area contributed by atoms with Crippen molar-refractivity contribution in [3.63, 3.8) is 0 Å². The Hall–Kier alpha value is -1.34. The van der Waals surface area contributed by atoms with Gasteiger partial charge in [0.15, 0.2) is 6.61 Å². The third-order valence-electron chi connectivity index (χ3n) is 1.57. The number of hydrogen-bond donors (Lipinski definition) is 0. The Morgan fingerprint density at radius 1 is 1.25 bits per heavy atom. The van der Waals surface area contributed by atoms with Gasteiger partial charge < -0.3 is 4.74 Å². The predicted molar refractivity (Wildman–Crippen MR) is 55.6 cm³/mol. The fraction of sp³-hybridized carbons (Fsp3) is 0.273. The summed E-state index contributed by atoms with van der Waals surface area (Å²) in [6.07, 6.45) is -4.35. The molecule has 0 bridgehead atoms. The van der Waals surface area contributed by atoms with Crippen LogP contribution in [0, 0.1) is 11.8 Å². The first-order valence-electron chi connectivity index (χ1n) is 4.36. The minimum atomic E-state index is -4.35. The summed E-state index contributed by atoms with van der Waals surface area (Å²) in [5.74, 6) is 5.41. The lowest BCUT2D eigenvalue weighted by molar-refractivity contribution is -0.153. The van der Waals surface area contributed by atoms with E-state index in [0.717, 1.165) is 0 Å². The third kappa shape index (κ3) is 4.45. The molecule has 1 aromatic rings. The molecule has 0 spiro atoms. The van der Waals surface area contributed by atoms with Crippen LogP contribution in [-0.2, 0) is 0 Å². The van der Waals surface area contributed by atoms with Crippen molar-refractivity contribution in [3.05, 3.63) is 29.8 Å². The van der Waals surface area contributed by atoms with E-state index in [1.54, 1.807) is 18.2 Å². The van der Waals surface area contributed by atoms with Crippen LogP contribution in [0.1, 0.15) is 5.56 Å². The van der Waals surface area contributed by atoms with E-state index in [4.69, 9.17) is 11.6 Å². The Balaban J connectivity index is 2.79. The van der Waals surface area contributed by atoms with Crippen molar-refractivity contribution >= 4 is 11.6 Å². The van der Waals surface area contributed by atoms with Gasteiger partial charge in [0.2, 0.25) is 0 Å². The maximum atomic E-state index is 11.9. The van der Waals surface area contributed by atoms with Crippen molar-refractivity contribution in [3.8, 4) is 17.6 Å². The first-order valence-corrected chi connectivity index (χ1v) is 4.90. The van der Waals surface area contributed by atoms with Crippen molar-refractivity contribution in [1.29, 1.82) is 0 Å².